The molecule has 4 aromatic carbocycles. The SMILES string of the molecule is CC(C)[Si](C#Cc1c2c(c(C#C[Si](C(C)C)(C(C)C)C(C)C)c3cc4ccccc4cc13)Nc1ccccc1N2)(C(C)C)C(C)C. The van der Waals surface area contributed by atoms with Gasteiger partial charge in [-0.3, -0.25) is 0 Å². The van der Waals surface area contributed by atoms with Crippen LogP contribution in [0.1, 0.15) is 94.2 Å². The summed E-state index contributed by atoms with van der Waals surface area (Å²) in [7, 11) is -3.98. The molecule has 1 aliphatic heterocycles. The van der Waals surface area contributed by atoms with Crippen LogP contribution in [0, 0.1) is 22.9 Å². The molecule has 46 heavy (non-hydrogen) atoms. The molecule has 0 atom stereocenters. The van der Waals surface area contributed by atoms with E-state index in [2.05, 4.69) is 177 Å². The molecule has 1 aliphatic rings. The van der Waals surface area contributed by atoms with Gasteiger partial charge in [0.15, 0.2) is 0 Å². The van der Waals surface area contributed by atoms with E-state index in [9.17, 15) is 0 Å². The predicted octanol–water partition coefficient (Wildman–Crippen LogP) is 12.9. The van der Waals surface area contributed by atoms with Crippen molar-refractivity contribution in [3.63, 3.8) is 0 Å². The fourth-order valence-electron chi connectivity index (χ4n) is 8.86. The lowest BCUT2D eigenvalue weighted by Gasteiger charge is -2.38. The van der Waals surface area contributed by atoms with Gasteiger partial charge in [0.05, 0.1) is 33.9 Å². The van der Waals surface area contributed by atoms with E-state index in [-0.39, 0.29) is 0 Å². The molecule has 240 valence electrons. The van der Waals surface area contributed by atoms with E-state index in [0.29, 0.717) is 33.2 Å². The van der Waals surface area contributed by atoms with E-state index in [1.807, 2.05) is 0 Å². The number of nitrogens with one attached hydrogen (secondary N) is 2. The van der Waals surface area contributed by atoms with Gasteiger partial charge in [-0.1, -0.05) is 131 Å². The van der Waals surface area contributed by atoms with Gasteiger partial charge >= 0.3 is 0 Å². The second-order valence-electron chi connectivity index (χ2n) is 15.3. The lowest BCUT2D eigenvalue weighted by molar-refractivity contribution is 0.838. The van der Waals surface area contributed by atoms with Gasteiger partial charge in [0.1, 0.15) is 16.1 Å². The highest BCUT2D eigenvalue weighted by molar-refractivity contribution is 6.91. The summed E-state index contributed by atoms with van der Waals surface area (Å²) in [6.45, 7) is 28.7. The molecule has 0 unspecified atom stereocenters. The first-order chi connectivity index (χ1) is 21.7. The molecular formula is C42H54N2Si2. The van der Waals surface area contributed by atoms with E-state index in [4.69, 9.17) is 0 Å². The van der Waals surface area contributed by atoms with Crippen LogP contribution in [0.2, 0.25) is 33.2 Å². The van der Waals surface area contributed by atoms with Crippen LogP contribution in [0.25, 0.3) is 21.5 Å². The molecule has 5 rings (SSSR count). The standard InChI is InChI=1S/C42H54N2Si2/c1-27(2)45(28(3)4,29(5)6)23-21-35-37-25-33-17-13-14-18-34(33)26-38(37)36(22-24-46(30(7)8,31(9)10)32(11)12)42-41(35)43-39-19-15-16-20-40(39)44-42/h13-20,25-32,43-44H,1-12H3. The quantitative estimate of drug-likeness (QED) is 0.109. The number of hydrogen-bond acceptors (Lipinski definition) is 2. The molecule has 0 saturated carbocycles. The van der Waals surface area contributed by atoms with E-state index in [1.165, 1.54) is 21.5 Å². The molecule has 4 aromatic rings. The lowest BCUT2D eigenvalue weighted by atomic mass is 9.92. The van der Waals surface area contributed by atoms with Crippen molar-refractivity contribution in [2.24, 2.45) is 0 Å². The molecule has 0 radical (unpaired) electrons. The Morgan fingerprint density at radius 1 is 0.457 bits per heavy atom. The summed E-state index contributed by atoms with van der Waals surface area (Å²) < 4.78 is 0. The molecule has 0 amide bonds. The normalized spacial score (nSPS) is 13.1. The molecule has 2 nitrogen and oxygen atoms in total. The first-order valence-corrected chi connectivity index (χ1v) is 21.9. The van der Waals surface area contributed by atoms with E-state index in [1.54, 1.807) is 0 Å². The Balaban J connectivity index is 1.95. The molecule has 0 aliphatic carbocycles. The highest BCUT2D eigenvalue weighted by Crippen LogP contribution is 2.48. The van der Waals surface area contributed by atoms with Crippen molar-refractivity contribution >= 4 is 60.4 Å². The number of benzene rings is 4. The second kappa shape index (κ2) is 13.0. The number of para-hydroxylation sites is 2. The van der Waals surface area contributed by atoms with Crippen LogP contribution in [0.4, 0.5) is 22.7 Å². The Morgan fingerprint density at radius 3 is 1.07 bits per heavy atom. The Kier molecular flexibility index (Phi) is 9.57. The zero-order chi connectivity index (χ0) is 33.6. The summed E-state index contributed by atoms with van der Waals surface area (Å²) in [5, 5.41) is 12.6. The molecule has 2 N–H and O–H groups in total. The van der Waals surface area contributed by atoms with Crippen LogP contribution in [0.3, 0.4) is 0 Å². The van der Waals surface area contributed by atoms with Gasteiger partial charge in [0, 0.05) is 10.8 Å². The van der Waals surface area contributed by atoms with Gasteiger partial charge < -0.3 is 10.6 Å². The van der Waals surface area contributed by atoms with Crippen LogP contribution in [0.5, 0.6) is 0 Å². The fraction of sp³-hybridized carbons (Fsp3) is 0.429. The molecular weight excluding hydrogens is 589 g/mol. The highest BCUT2D eigenvalue weighted by Gasteiger charge is 2.43. The Morgan fingerprint density at radius 2 is 0.761 bits per heavy atom. The topological polar surface area (TPSA) is 24.1 Å². The molecule has 4 heteroatoms. The number of fused-ring (bicyclic) bond motifs is 4. The zero-order valence-electron chi connectivity index (χ0n) is 30.2. The van der Waals surface area contributed by atoms with E-state index in [0.717, 1.165) is 33.9 Å². The van der Waals surface area contributed by atoms with Crippen molar-refractivity contribution in [1.82, 2.24) is 0 Å². The van der Waals surface area contributed by atoms with Crippen molar-refractivity contribution in [1.29, 1.82) is 0 Å². The average Bonchev–Trinajstić information content (AvgIpc) is 2.99. The molecule has 1 heterocycles. The predicted molar refractivity (Wildman–Crippen MR) is 210 cm³/mol. The van der Waals surface area contributed by atoms with Gasteiger partial charge in [-0.2, -0.15) is 0 Å². The number of anilines is 4. The smallest absolute Gasteiger partial charge is 0.146 e. The number of hydrogen-bond donors (Lipinski definition) is 2. The summed E-state index contributed by atoms with van der Waals surface area (Å²) in [6, 6.07) is 22.0. The van der Waals surface area contributed by atoms with Crippen molar-refractivity contribution in [2.45, 2.75) is 116 Å². The van der Waals surface area contributed by atoms with Crippen LogP contribution < -0.4 is 10.6 Å². The van der Waals surface area contributed by atoms with Crippen molar-refractivity contribution in [2.75, 3.05) is 10.6 Å². The Hall–Kier alpha value is -3.45. The Labute approximate surface area is 281 Å². The van der Waals surface area contributed by atoms with Gasteiger partial charge in [-0.05, 0) is 68.3 Å². The van der Waals surface area contributed by atoms with E-state index >= 15 is 0 Å². The van der Waals surface area contributed by atoms with Gasteiger partial charge in [-0.25, -0.2) is 0 Å². The van der Waals surface area contributed by atoms with Gasteiger partial charge in [0.25, 0.3) is 0 Å². The summed E-state index contributed by atoms with van der Waals surface area (Å²) >= 11 is 0. The molecule has 0 bridgehead atoms. The summed E-state index contributed by atoms with van der Waals surface area (Å²) in [5.41, 5.74) is 17.9. The van der Waals surface area contributed by atoms with Crippen molar-refractivity contribution in [3.8, 4) is 22.9 Å². The minimum absolute atomic E-state index is 0.557. The van der Waals surface area contributed by atoms with Crippen molar-refractivity contribution < 1.29 is 0 Å². The summed E-state index contributed by atoms with van der Waals surface area (Å²) in [5.74, 6) is 7.84. The largest absolute Gasteiger partial charge is 0.351 e. The second-order valence-corrected chi connectivity index (χ2v) is 26.5. The third-order valence-electron chi connectivity index (χ3n) is 11.2. The maximum absolute atomic E-state index is 4.07. The maximum Gasteiger partial charge on any atom is 0.146 e. The highest BCUT2D eigenvalue weighted by atomic mass is 28.3. The van der Waals surface area contributed by atoms with Gasteiger partial charge in [-0.15, -0.1) is 11.1 Å². The van der Waals surface area contributed by atoms with Crippen LogP contribution in [0.15, 0.2) is 60.7 Å². The fourth-order valence-corrected chi connectivity index (χ4v) is 19.3. The molecule has 0 fully saturated rings. The number of rotatable bonds is 6. The van der Waals surface area contributed by atoms with E-state index < -0.39 is 16.1 Å². The molecule has 0 spiro atoms. The summed E-state index contributed by atoms with van der Waals surface area (Å²) in [6.07, 6.45) is 0. The Bertz CT molecular complexity index is 1710. The monoisotopic (exact) mass is 642 g/mol. The first-order valence-electron chi connectivity index (χ1n) is 17.5. The minimum Gasteiger partial charge on any atom is -0.351 e. The van der Waals surface area contributed by atoms with Crippen LogP contribution in [-0.2, 0) is 0 Å². The van der Waals surface area contributed by atoms with Crippen LogP contribution >= 0.6 is 0 Å². The third kappa shape index (κ3) is 5.59. The minimum atomic E-state index is -1.99. The molecule has 0 saturated heterocycles. The average molecular weight is 643 g/mol. The third-order valence-corrected chi connectivity index (χ3v) is 23.7. The summed E-state index contributed by atoms with van der Waals surface area (Å²) in [4.78, 5) is 0. The maximum atomic E-state index is 4.07. The van der Waals surface area contributed by atoms with Crippen molar-refractivity contribution in [3.05, 3.63) is 71.8 Å². The first kappa shape index (κ1) is 33.9. The zero-order valence-corrected chi connectivity index (χ0v) is 32.2. The lowest BCUT2D eigenvalue weighted by Crippen LogP contribution is -2.43. The van der Waals surface area contributed by atoms with Crippen LogP contribution in [-0.4, -0.2) is 16.1 Å². The van der Waals surface area contributed by atoms with Gasteiger partial charge in [0.2, 0.25) is 0 Å². The molecule has 0 aromatic heterocycles.